The summed E-state index contributed by atoms with van der Waals surface area (Å²) in [6, 6.07) is 9.99. The maximum absolute atomic E-state index is 6.29. The van der Waals surface area contributed by atoms with Gasteiger partial charge in [-0.25, -0.2) is 9.50 Å². The second kappa shape index (κ2) is 6.61. The molecule has 126 valence electrons. The van der Waals surface area contributed by atoms with E-state index in [0.29, 0.717) is 12.5 Å². The third kappa shape index (κ3) is 3.74. The molecule has 0 aliphatic rings. The van der Waals surface area contributed by atoms with Gasteiger partial charge in [0.1, 0.15) is 12.4 Å². The van der Waals surface area contributed by atoms with Gasteiger partial charge in [0.15, 0.2) is 5.65 Å². The van der Waals surface area contributed by atoms with Crippen LogP contribution in [-0.4, -0.2) is 26.7 Å². The van der Waals surface area contributed by atoms with Crippen LogP contribution in [0.25, 0.3) is 16.8 Å². The highest BCUT2D eigenvalue weighted by molar-refractivity contribution is 5.77. The Morgan fingerprint density at radius 1 is 1.17 bits per heavy atom. The first-order valence-corrected chi connectivity index (χ1v) is 8.25. The molecule has 0 unspecified atom stereocenters. The number of hydrogen-bond donors (Lipinski definition) is 1. The van der Waals surface area contributed by atoms with E-state index in [-0.39, 0.29) is 5.54 Å². The van der Waals surface area contributed by atoms with Crippen LogP contribution in [0, 0.1) is 5.92 Å². The smallest absolute Gasteiger partial charge is 0.161 e. The monoisotopic (exact) mass is 324 g/mol. The van der Waals surface area contributed by atoms with Crippen LogP contribution in [0.5, 0.6) is 5.75 Å². The lowest BCUT2D eigenvalue weighted by Crippen LogP contribution is -2.43. The number of nitrogens with two attached hydrogens (primary N) is 1. The minimum absolute atomic E-state index is 0.319. The summed E-state index contributed by atoms with van der Waals surface area (Å²) < 4.78 is 7.65. The van der Waals surface area contributed by atoms with E-state index in [2.05, 4.69) is 23.9 Å². The van der Waals surface area contributed by atoms with Gasteiger partial charge in [-0.2, -0.15) is 5.10 Å². The van der Waals surface area contributed by atoms with Gasteiger partial charge in [-0.05, 0) is 43.0 Å². The van der Waals surface area contributed by atoms with Crippen LogP contribution >= 0.6 is 0 Å². The van der Waals surface area contributed by atoms with Crippen molar-refractivity contribution in [2.75, 3.05) is 6.61 Å². The molecule has 3 aromatic rings. The molecule has 0 radical (unpaired) electrons. The Hall–Kier alpha value is -2.40. The molecule has 2 N–H and O–H groups in total. The molecule has 2 heterocycles. The quantitative estimate of drug-likeness (QED) is 0.753. The molecule has 0 bridgehead atoms. The summed E-state index contributed by atoms with van der Waals surface area (Å²) in [5.41, 5.74) is 8.95. The molecule has 0 aliphatic carbocycles. The molecule has 2 aromatic heterocycles. The van der Waals surface area contributed by atoms with Gasteiger partial charge in [0.25, 0.3) is 0 Å². The number of hydrogen-bond acceptors (Lipinski definition) is 4. The first-order valence-electron chi connectivity index (χ1n) is 8.25. The first-order chi connectivity index (χ1) is 11.4. The van der Waals surface area contributed by atoms with Crippen LogP contribution in [0.4, 0.5) is 0 Å². The summed E-state index contributed by atoms with van der Waals surface area (Å²) in [5.74, 6) is 1.38. The Kier molecular flexibility index (Phi) is 4.53. The Morgan fingerprint density at radius 2 is 1.92 bits per heavy atom. The molecule has 5 nitrogen and oxygen atoms in total. The maximum atomic E-state index is 6.29. The minimum atomic E-state index is -0.319. The number of ether oxygens (including phenoxy) is 1. The standard InChI is InChI=1S/C19H24N4O/c1-14(2)12-19(3,20)13-24-16-6-4-15(5-7-16)17-8-9-22-23-11-10-21-18(17)23/h4-11,14H,12-13,20H2,1-3H3/t19-/m0/s1. The van der Waals surface area contributed by atoms with E-state index >= 15 is 0 Å². The second-order valence-electron chi connectivity index (χ2n) is 7.01. The first kappa shape index (κ1) is 16.5. The van der Waals surface area contributed by atoms with Crippen LogP contribution in [0.3, 0.4) is 0 Å². The Labute approximate surface area is 142 Å². The van der Waals surface area contributed by atoms with Crippen LogP contribution in [-0.2, 0) is 0 Å². The predicted molar refractivity (Wildman–Crippen MR) is 96.0 cm³/mol. The molecule has 0 aliphatic heterocycles. The number of imidazole rings is 1. The fraction of sp³-hybridized carbons (Fsp3) is 0.368. The van der Waals surface area contributed by atoms with Gasteiger partial charge in [-0.15, -0.1) is 0 Å². The third-order valence-electron chi connectivity index (χ3n) is 3.90. The topological polar surface area (TPSA) is 65.4 Å². The number of rotatable bonds is 6. The van der Waals surface area contributed by atoms with Crippen molar-refractivity contribution >= 4 is 5.65 Å². The van der Waals surface area contributed by atoms with Crippen molar-refractivity contribution in [3.8, 4) is 16.9 Å². The average molecular weight is 324 g/mol. The molecule has 24 heavy (non-hydrogen) atoms. The zero-order valence-electron chi connectivity index (χ0n) is 14.4. The molecule has 0 spiro atoms. The molecular weight excluding hydrogens is 300 g/mol. The highest BCUT2D eigenvalue weighted by atomic mass is 16.5. The van der Waals surface area contributed by atoms with Gasteiger partial charge in [-0.3, -0.25) is 0 Å². The van der Waals surface area contributed by atoms with Gasteiger partial charge in [-0.1, -0.05) is 26.0 Å². The van der Waals surface area contributed by atoms with Crippen LogP contribution in [0.1, 0.15) is 27.2 Å². The lowest BCUT2D eigenvalue weighted by molar-refractivity contribution is 0.207. The van der Waals surface area contributed by atoms with E-state index in [0.717, 1.165) is 28.9 Å². The number of aromatic nitrogens is 3. The van der Waals surface area contributed by atoms with Crippen molar-refractivity contribution in [1.82, 2.24) is 14.6 Å². The lowest BCUT2D eigenvalue weighted by atomic mass is 9.93. The number of nitrogens with zero attached hydrogens (tertiary/aromatic N) is 3. The summed E-state index contributed by atoms with van der Waals surface area (Å²) in [6.45, 7) is 6.88. The third-order valence-corrected chi connectivity index (χ3v) is 3.90. The molecule has 1 aromatic carbocycles. The predicted octanol–water partition coefficient (Wildman–Crippen LogP) is 3.54. The summed E-state index contributed by atoms with van der Waals surface area (Å²) in [7, 11) is 0. The van der Waals surface area contributed by atoms with Crippen molar-refractivity contribution < 1.29 is 4.74 Å². The number of benzene rings is 1. The summed E-state index contributed by atoms with van der Waals surface area (Å²) >= 11 is 0. The average Bonchev–Trinajstić information content (AvgIpc) is 3.01. The normalized spacial score (nSPS) is 14.0. The molecule has 5 heteroatoms. The van der Waals surface area contributed by atoms with E-state index in [4.69, 9.17) is 10.5 Å². The maximum Gasteiger partial charge on any atom is 0.161 e. The van der Waals surface area contributed by atoms with Crippen LogP contribution < -0.4 is 10.5 Å². The van der Waals surface area contributed by atoms with Crippen molar-refractivity contribution in [2.45, 2.75) is 32.7 Å². The Balaban J connectivity index is 1.73. The van der Waals surface area contributed by atoms with Crippen LogP contribution in [0.15, 0.2) is 48.9 Å². The van der Waals surface area contributed by atoms with Crippen molar-refractivity contribution in [1.29, 1.82) is 0 Å². The van der Waals surface area contributed by atoms with E-state index < -0.39 is 0 Å². The zero-order chi connectivity index (χ0) is 17.2. The molecule has 0 amide bonds. The molecule has 1 atom stereocenters. The molecular formula is C19H24N4O. The van der Waals surface area contributed by atoms with Crippen molar-refractivity contribution in [3.63, 3.8) is 0 Å². The molecule has 0 fully saturated rings. The highest BCUT2D eigenvalue weighted by Crippen LogP contribution is 2.25. The van der Waals surface area contributed by atoms with Gasteiger partial charge in [0.05, 0.1) is 0 Å². The Bertz CT molecular complexity index is 806. The second-order valence-corrected chi connectivity index (χ2v) is 7.01. The lowest BCUT2D eigenvalue weighted by Gasteiger charge is -2.26. The van der Waals surface area contributed by atoms with E-state index in [1.54, 1.807) is 16.9 Å². The largest absolute Gasteiger partial charge is 0.492 e. The summed E-state index contributed by atoms with van der Waals surface area (Å²) in [5, 5.41) is 4.24. The zero-order valence-corrected chi connectivity index (χ0v) is 14.4. The minimum Gasteiger partial charge on any atom is -0.492 e. The van der Waals surface area contributed by atoms with Gasteiger partial charge in [0.2, 0.25) is 0 Å². The molecule has 3 rings (SSSR count). The highest BCUT2D eigenvalue weighted by Gasteiger charge is 2.21. The SMILES string of the molecule is CC(C)C[C@](C)(N)COc1ccc(-c2ccnn3ccnc23)cc1. The van der Waals surface area contributed by atoms with E-state index in [1.165, 1.54) is 0 Å². The summed E-state index contributed by atoms with van der Waals surface area (Å²) in [6.07, 6.45) is 6.30. The van der Waals surface area contributed by atoms with Crippen LogP contribution in [0.2, 0.25) is 0 Å². The number of fused-ring (bicyclic) bond motifs is 1. The molecule has 0 saturated heterocycles. The fourth-order valence-electron chi connectivity index (χ4n) is 3.03. The molecule has 0 saturated carbocycles. The van der Waals surface area contributed by atoms with E-state index in [1.807, 2.05) is 43.5 Å². The fourth-order valence-corrected chi connectivity index (χ4v) is 3.03. The van der Waals surface area contributed by atoms with Gasteiger partial charge >= 0.3 is 0 Å². The van der Waals surface area contributed by atoms with Crippen molar-refractivity contribution in [3.05, 3.63) is 48.9 Å². The van der Waals surface area contributed by atoms with Gasteiger partial charge < -0.3 is 10.5 Å². The van der Waals surface area contributed by atoms with E-state index in [9.17, 15) is 0 Å². The van der Waals surface area contributed by atoms with Gasteiger partial charge in [0, 0.05) is 29.7 Å². The summed E-state index contributed by atoms with van der Waals surface area (Å²) in [4.78, 5) is 4.37. The van der Waals surface area contributed by atoms with Crippen molar-refractivity contribution in [2.24, 2.45) is 11.7 Å². The Morgan fingerprint density at radius 3 is 2.62 bits per heavy atom.